The second kappa shape index (κ2) is 4.86. The van der Waals surface area contributed by atoms with Gasteiger partial charge in [-0.2, -0.15) is 18.3 Å². The first-order valence-corrected chi connectivity index (χ1v) is 4.51. The number of benzene rings is 1. The average molecular weight is 246 g/mol. The molecular weight excluding hydrogens is 237 g/mol. The van der Waals surface area contributed by atoms with Gasteiger partial charge >= 0.3 is 12.1 Å². The molecular formula is C10H9F3N2O2. The Morgan fingerprint density at radius 2 is 1.82 bits per heavy atom. The molecule has 0 atom stereocenters. The van der Waals surface area contributed by atoms with Crippen LogP contribution in [0.4, 0.5) is 13.2 Å². The van der Waals surface area contributed by atoms with Gasteiger partial charge in [-0.05, 0) is 36.8 Å². The van der Waals surface area contributed by atoms with Crippen LogP contribution in [-0.4, -0.2) is 22.9 Å². The average Bonchev–Trinajstić information content (AvgIpc) is 2.25. The molecule has 0 aliphatic heterocycles. The van der Waals surface area contributed by atoms with Gasteiger partial charge in [0.05, 0.1) is 5.71 Å². The number of alkyl halides is 3. The monoisotopic (exact) mass is 246 g/mol. The third-order valence-corrected chi connectivity index (χ3v) is 1.87. The summed E-state index contributed by atoms with van der Waals surface area (Å²) >= 11 is 0. The predicted octanol–water partition coefficient (Wildman–Crippen LogP) is 1.79. The maximum absolute atomic E-state index is 11.8. The van der Waals surface area contributed by atoms with E-state index in [1.807, 2.05) is 0 Å². The van der Waals surface area contributed by atoms with Crippen molar-refractivity contribution in [2.24, 2.45) is 5.10 Å². The second-order valence-corrected chi connectivity index (χ2v) is 3.18. The normalized spacial score (nSPS) is 12.4. The lowest BCUT2D eigenvalue weighted by molar-refractivity contribution is -0.173. The van der Waals surface area contributed by atoms with Gasteiger partial charge in [0.2, 0.25) is 0 Å². The van der Waals surface area contributed by atoms with Crippen molar-refractivity contribution in [1.82, 2.24) is 5.43 Å². The number of hydrazone groups is 1. The molecule has 0 unspecified atom stereocenters. The molecule has 0 aromatic heterocycles. The molecule has 0 bridgehead atoms. The number of nitrogens with one attached hydrogen (secondary N) is 1. The van der Waals surface area contributed by atoms with E-state index in [-0.39, 0.29) is 11.5 Å². The first-order chi connectivity index (χ1) is 7.80. The van der Waals surface area contributed by atoms with Crippen molar-refractivity contribution >= 4 is 11.6 Å². The maximum Gasteiger partial charge on any atom is 0.473 e. The largest absolute Gasteiger partial charge is 0.508 e. The van der Waals surface area contributed by atoms with E-state index in [0.29, 0.717) is 5.56 Å². The fraction of sp³-hybridized carbons (Fsp3) is 0.200. The van der Waals surface area contributed by atoms with E-state index in [1.165, 1.54) is 36.6 Å². The molecule has 1 aromatic carbocycles. The zero-order valence-corrected chi connectivity index (χ0v) is 8.75. The van der Waals surface area contributed by atoms with Crippen molar-refractivity contribution in [2.75, 3.05) is 0 Å². The van der Waals surface area contributed by atoms with Crippen LogP contribution in [0.25, 0.3) is 0 Å². The molecule has 1 amide bonds. The van der Waals surface area contributed by atoms with E-state index in [1.54, 1.807) is 0 Å². The van der Waals surface area contributed by atoms with Crippen LogP contribution < -0.4 is 5.43 Å². The number of halogens is 3. The summed E-state index contributed by atoms with van der Waals surface area (Å²) in [4.78, 5) is 10.5. The summed E-state index contributed by atoms with van der Waals surface area (Å²) in [5, 5.41) is 12.3. The molecule has 0 heterocycles. The van der Waals surface area contributed by atoms with Crippen LogP contribution in [0.5, 0.6) is 5.75 Å². The van der Waals surface area contributed by atoms with Crippen molar-refractivity contribution in [1.29, 1.82) is 0 Å². The number of carbonyl (C=O) groups is 1. The van der Waals surface area contributed by atoms with Crippen molar-refractivity contribution in [3.05, 3.63) is 29.8 Å². The van der Waals surface area contributed by atoms with Gasteiger partial charge in [-0.15, -0.1) is 0 Å². The Kier molecular flexibility index (Phi) is 3.72. The van der Waals surface area contributed by atoms with E-state index < -0.39 is 12.1 Å². The van der Waals surface area contributed by atoms with E-state index in [4.69, 9.17) is 5.11 Å². The Bertz CT molecular complexity index is 438. The molecule has 1 aromatic rings. The summed E-state index contributed by atoms with van der Waals surface area (Å²) in [5.41, 5.74) is 2.08. The van der Waals surface area contributed by atoms with Crippen LogP contribution in [0.15, 0.2) is 29.4 Å². The molecule has 2 N–H and O–H groups in total. The molecule has 0 aliphatic rings. The number of aromatic hydroxyl groups is 1. The fourth-order valence-corrected chi connectivity index (χ4v) is 0.965. The first kappa shape index (κ1) is 13.0. The van der Waals surface area contributed by atoms with Crippen LogP contribution in [-0.2, 0) is 4.79 Å². The van der Waals surface area contributed by atoms with E-state index >= 15 is 0 Å². The van der Waals surface area contributed by atoms with Crippen molar-refractivity contribution in [2.45, 2.75) is 13.1 Å². The van der Waals surface area contributed by atoms with Gasteiger partial charge in [0, 0.05) is 0 Å². The highest BCUT2D eigenvalue weighted by atomic mass is 19.4. The van der Waals surface area contributed by atoms with Gasteiger partial charge in [0.1, 0.15) is 5.75 Å². The highest BCUT2D eigenvalue weighted by molar-refractivity contribution is 5.99. The summed E-state index contributed by atoms with van der Waals surface area (Å²) in [6.07, 6.45) is -4.96. The van der Waals surface area contributed by atoms with Crippen LogP contribution in [0.1, 0.15) is 12.5 Å². The molecule has 0 saturated carbocycles. The molecule has 0 fully saturated rings. The number of hydrogen-bond acceptors (Lipinski definition) is 3. The summed E-state index contributed by atoms with van der Waals surface area (Å²) in [7, 11) is 0. The zero-order chi connectivity index (χ0) is 13.1. The van der Waals surface area contributed by atoms with Gasteiger partial charge in [-0.1, -0.05) is 0 Å². The van der Waals surface area contributed by atoms with Gasteiger partial charge in [0.15, 0.2) is 0 Å². The first-order valence-electron chi connectivity index (χ1n) is 4.51. The Balaban J connectivity index is 2.74. The Hall–Kier alpha value is -2.05. The summed E-state index contributed by atoms with van der Waals surface area (Å²) in [5.74, 6) is -2.10. The van der Waals surface area contributed by atoms with Crippen molar-refractivity contribution < 1.29 is 23.1 Å². The summed E-state index contributed by atoms with van der Waals surface area (Å²) in [6, 6.07) is 5.65. The van der Waals surface area contributed by atoms with Crippen LogP contribution in [0.3, 0.4) is 0 Å². The van der Waals surface area contributed by atoms with E-state index in [2.05, 4.69) is 5.10 Å². The number of hydrogen-bond donors (Lipinski definition) is 2. The van der Waals surface area contributed by atoms with E-state index in [0.717, 1.165) is 0 Å². The van der Waals surface area contributed by atoms with Gasteiger partial charge < -0.3 is 5.11 Å². The Morgan fingerprint density at radius 3 is 2.29 bits per heavy atom. The minimum atomic E-state index is -4.96. The molecule has 92 valence electrons. The second-order valence-electron chi connectivity index (χ2n) is 3.18. The number of phenolic OH excluding ortho intramolecular Hbond substituents is 1. The number of phenols is 1. The third-order valence-electron chi connectivity index (χ3n) is 1.87. The van der Waals surface area contributed by atoms with Gasteiger partial charge in [-0.25, -0.2) is 5.43 Å². The molecule has 4 nitrogen and oxygen atoms in total. The highest BCUT2D eigenvalue weighted by Crippen LogP contribution is 2.14. The minimum Gasteiger partial charge on any atom is -0.508 e. The molecule has 1 rings (SSSR count). The Labute approximate surface area is 94.8 Å². The SMILES string of the molecule is C/C(=N\NC(=O)C(F)(F)F)c1ccc(O)cc1. The molecule has 0 saturated heterocycles. The molecule has 0 aliphatic carbocycles. The summed E-state index contributed by atoms with van der Waals surface area (Å²) in [6.45, 7) is 1.43. The Morgan fingerprint density at radius 1 is 1.29 bits per heavy atom. The number of nitrogens with zero attached hydrogens (tertiary/aromatic N) is 1. The zero-order valence-electron chi connectivity index (χ0n) is 8.75. The minimum absolute atomic E-state index is 0.0286. The van der Waals surface area contributed by atoms with Crippen molar-refractivity contribution in [3.8, 4) is 5.75 Å². The van der Waals surface area contributed by atoms with Gasteiger partial charge in [0.25, 0.3) is 0 Å². The lowest BCUT2D eigenvalue weighted by atomic mass is 10.1. The number of carbonyl (C=O) groups excluding carboxylic acids is 1. The predicted molar refractivity (Wildman–Crippen MR) is 54.5 cm³/mol. The highest BCUT2D eigenvalue weighted by Gasteiger charge is 2.38. The van der Waals surface area contributed by atoms with Crippen LogP contribution in [0, 0.1) is 0 Å². The molecule has 7 heteroatoms. The number of rotatable bonds is 2. The maximum atomic E-state index is 11.8. The summed E-state index contributed by atoms with van der Waals surface area (Å²) < 4.78 is 35.5. The topological polar surface area (TPSA) is 61.7 Å². The fourth-order valence-electron chi connectivity index (χ4n) is 0.965. The van der Waals surface area contributed by atoms with Crippen LogP contribution >= 0.6 is 0 Å². The molecule has 0 spiro atoms. The van der Waals surface area contributed by atoms with Crippen LogP contribution in [0.2, 0.25) is 0 Å². The molecule has 0 radical (unpaired) electrons. The van der Waals surface area contributed by atoms with Gasteiger partial charge in [-0.3, -0.25) is 4.79 Å². The third kappa shape index (κ3) is 3.78. The lowest BCUT2D eigenvalue weighted by Crippen LogP contribution is -2.34. The smallest absolute Gasteiger partial charge is 0.473 e. The quantitative estimate of drug-likeness (QED) is 0.617. The standard InChI is InChI=1S/C10H9F3N2O2/c1-6(7-2-4-8(16)5-3-7)14-15-9(17)10(11,12)13/h2-5,16H,1H3,(H,15,17)/b14-6+. The van der Waals surface area contributed by atoms with Crippen molar-refractivity contribution in [3.63, 3.8) is 0 Å². The number of amides is 1. The lowest BCUT2D eigenvalue weighted by Gasteiger charge is -2.05. The molecule has 17 heavy (non-hydrogen) atoms. The van der Waals surface area contributed by atoms with E-state index in [9.17, 15) is 18.0 Å².